The maximum absolute atomic E-state index is 12.4. The lowest BCUT2D eigenvalue weighted by Crippen LogP contribution is -2.18. The van der Waals surface area contributed by atoms with Gasteiger partial charge in [0, 0.05) is 11.1 Å². The normalized spacial score (nSPS) is 13.5. The van der Waals surface area contributed by atoms with Gasteiger partial charge in [-0.2, -0.15) is 0 Å². The van der Waals surface area contributed by atoms with Crippen molar-refractivity contribution in [1.29, 1.82) is 0 Å². The molecule has 1 heterocycles. The summed E-state index contributed by atoms with van der Waals surface area (Å²) in [7, 11) is 0. The molecule has 0 unspecified atom stereocenters. The standard InChI is InChI=1S/C17H12O6/c1-2-22-14(19)8-12(18)13-7-11-15(20)9-5-3-4-6-10(9)16(21)17(11)23-13/h3-8,18H,2H2,1H3/b12-8-. The molecule has 0 radical (unpaired) electrons. The van der Waals surface area contributed by atoms with Gasteiger partial charge in [-0.15, -0.1) is 0 Å². The first-order chi connectivity index (χ1) is 11.0. The Morgan fingerprint density at radius 3 is 2.48 bits per heavy atom. The van der Waals surface area contributed by atoms with Crippen molar-refractivity contribution in [2.45, 2.75) is 6.92 Å². The molecule has 1 aliphatic carbocycles. The molecule has 1 aromatic carbocycles. The van der Waals surface area contributed by atoms with E-state index >= 15 is 0 Å². The van der Waals surface area contributed by atoms with Crippen molar-refractivity contribution in [3.05, 3.63) is 64.6 Å². The average Bonchev–Trinajstić information content (AvgIpc) is 2.99. The van der Waals surface area contributed by atoms with Crippen molar-refractivity contribution in [2.75, 3.05) is 6.61 Å². The number of carbonyl (C=O) groups is 3. The number of aliphatic hydroxyl groups is 1. The largest absolute Gasteiger partial charge is 0.504 e. The topological polar surface area (TPSA) is 93.8 Å². The summed E-state index contributed by atoms with van der Waals surface area (Å²) >= 11 is 0. The van der Waals surface area contributed by atoms with Gasteiger partial charge in [0.15, 0.2) is 23.1 Å². The quantitative estimate of drug-likeness (QED) is 0.454. The van der Waals surface area contributed by atoms with Crippen molar-refractivity contribution >= 4 is 23.3 Å². The van der Waals surface area contributed by atoms with Crippen LogP contribution < -0.4 is 0 Å². The van der Waals surface area contributed by atoms with E-state index in [1.807, 2.05) is 0 Å². The Balaban J connectivity index is 2.03. The molecule has 1 N–H and O–H groups in total. The molecule has 0 amide bonds. The van der Waals surface area contributed by atoms with Crippen molar-refractivity contribution in [2.24, 2.45) is 0 Å². The molecule has 0 spiro atoms. The van der Waals surface area contributed by atoms with Gasteiger partial charge in [-0.1, -0.05) is 24.3 Å². The first-order valence-corrected chi connectivity index (χ1v) is 6.93. The predicted octanol–water partition coefficient (Wildman–Crippen LogP) is 2.52. The smallest absolute Gasteiger partial charge is 0.334 e. The molecular formula is C17H12O6. The van der Waals surface area contributed by atoms with Crippen LogP contribution in [0.2, 0.25) is 0 Å². The molecule has 2 aromatic rings. The van der Waals surface area contributed by atoms with Crippen LogP contribution in [0.4, 0.5) is 0 Å². The molecule has 6 nitrogen and oxygen atoms in total. The maximum Gasteiger partial charge on any atom is 0.334 e. The van der Waals surface area contributed by atoms with Gasteiger partial charge in [0.25, 0.3) is 0 Å². The van der Waals surface area contributed by atoms with Crippen molar-refractivity contribution in [3.8, 4) is 0 Å². The molecule has 6 heteroatoms. The van der Waals surface area contributed by atoms with Crippen LogP contribution in [0.5, 0.6) is 0 Å². The summed E-state index contributed by atoms with van der Waals surface area (Å²) in [5.74, 6) is -2.35. The van der Waals surface area contributed by atoms with Gasteiger partial charge in [0.05, 0.1) is 18.2 Å². The Morgan fingerprint density at radius 1 is 1.17 bits per heavy atom. The summed E-state index contributed by atoms with van der Waals surface area (Å²) in [6.07, 6.45) is 0.829. The second-order valence-corrected chi connectivity index (χ2v) is 4.84. The first-order valence-electron chi connectivity index (χ1n) is 6.93. The summed E-state index contributed by atoms with van der Waals surface area (Å²) in [6, 6.07) is 7.65. The average molecular weight is 312 g/mol. The monoisotopic (exact) mass is 312 g/mol. The lowest BCUT2D eigenvalue weighted by atomic mass is 9.88. The van der Waals surface area contributed by atoms with E-state index in [4.69, 9.17) is 4.42 Å². The predicted molar refractivity (Wildman–Crippen MR) is 79.3 cm³/mol. The Labute approximate surface area is 131 Å². The van der Waals surface area contributed by atoms with E-state index < -0.39 is 17.5 Å². The Hall–Kier alpha value is -3.15. The molecule has 0 fully saturated rings. The molecule has 23 heavy (non-hydrogen) atoms. The van der Waals surface area contributed by atoms with E-state index in [0.717, 1.165) is 6.08 Å². The minimum Gasteiger partial charge on any atom is -0.504 e. The number of furan rings is 1. The fraction of sp³-hybridized carbons (Fsp3) is 0.118. The van der Waals surface area contributed by atoms with Crippen LogP contribution in [0.3, 0.4) is 0 Å². The van der Waals surface area contributed by atoms with Crippen LogP contribution in [-0.2, 0) is 9.53 Å². The van der Waals surface area contributed by atoms with Gasteiger partial charge >= 0.3 is 5.97 Å². The molecule has 0 aliphatic heterocycles. The molecule has 0 atom stereocenters. The zero-order valence-corrected chi connectivity index (χ0v) is 12.2. The van der Waals surface area contributed by atoms with E-state index in [-0.39, 0.29) is 40.6 Å². The third-order valence-corrected chi connectivity index (χ3v) is 3.39. The zero-order chi connectivity index (χ0) is 16.6. The molecule has 0 saturated heterocycles. The summed E-state index contributed by atoms with van der Waals surface area (Å²) in [4.78, 5) is 36.1. The second-order valence-electron chi connectivity index (χ2n) is 4.84. The van der Waals surface area contributed by atoms with E-state index in [9.17, 15) is 19.5 Å². The molecule has 1 aliphatic rings. The molecule has 116 valence electrons. The number of aliphatic hydroxyl groups excluding tert-OH is 1. The molecule has 3 rings (SSSR count). The number of hydrogen-bond donors (Lipinski definition) is 1. The van der Waals surface area contributed by atoms with Gasteiger partial charge in [-0.05, 0) is 13.0 Å². The summed E-state index contributed by atoms with van der Waals surface area (Å²) in [5.41, 5.74) is 0.596. The second kappa shape index (κ2) is 5.57. The van der Waals surface area contributed by atoms with Gasteiger partial charge in [0.2, 0.25) is 5.78 Å². The fourth-order valence-electron chi connectivity index (χ4n) is 2.37. The Kier molecular flexibility index (Phi) is 3.57. The molecular weight excluding hydrogens is 300 g/mol. The molecule has 0 saturated carbocycles. The van der Waals surface area contributed by atoms with Gasteiger partial charge in [-0.3, -0.25) is 9.59 Å². The minimum absolute atomic E-state index is 0.0625. The van der Waals surface area contributed by atoms with Crippen LogP contribution in [0.1, 0.15) is 44.7 Å². The number of fused-ring (bicyclic) bond motifs is 2. The third-order valence-electron chi connectivity index (χ3n) is 3.39. The summed E-state index contributed by atoms with van der Waals surface area (Å²) in [6.45, 7) is 1.78. The highest BCUT2D eigenvalue weighted by molar-refractivity contribution is 6.27. The van der Waals surface area contributed by atoms with Gasteiger partial charge < -0.3 is 14.3 Å². The fourth-order valence-corrected chi connectivity index (χ4v) is 2.37. The molecule has 0 bridgehead atoms. The summed E-state index contributed by atoms with van der Waals surface area (Å²) < 4.78 is 9.97. The highest BCUT2D eigenvalue weighted by Crippen LogP contribution is 2.31. The Bertz CT molecular complexity index is 803. The van der Waals surface area contributed by atoms with Crippen molar-refractivity contribution < 1.29 is 28.6 Å². The zero-order valence-electron chi connectivity index (χ0n) is 12.2. The highest BCUT2D eigenvalue weighted by Gasteiger charge is 2.33. The number of hydrogen-bond acceptors (Lipinski definition) is 6. The number of ketones is 2. The number of benzene rings is 1. The van der Waals surface area contributed by atoms with Gasteiger partial charge in [-0.25, -0.2) is 4.79 Å². The summed E-state index contributed by atoms with van der Waals surface area (Å²) in [5, 5.41) is 9.90. The van der Waals surface area contributed by atoms with E-state index in [1.165, 1.54) is 12.1 Å². The number of carbonyl (C=O) groups excluding carboxylic acids is 3. The molecule has 1 aromatic heterocycles. The lowest BCUT2D eigenvalue weighted by molar-refractivity contribution is -0.137. The van der Waals surface area contributed by atoms with Crippen LogP contribution >= 0.6 is 0 Å². The van der Waals surface area contributed by atoms with Crippen LogP contribution in [-0.4, -0.2) is 29.2 Å². The first kappa shape index (κ1) is 14.8. The van der Waals surface area contributed by atoms with Gasteiger partial charge in [0.1, 0.15) is 0 Å². The van der Waals surface area contributed by atoms with Crippen molar-refractivity contribution in [1.82, 2.24) is 0 Å². The number of ether oxygens (including phenoxy) is 1. The van der Waals surface area contributed by atoms with E-state index in [1.54, 1.807) is 25.1 Å². The maximum atomic E-state index is 12.4. The number of esters is 1. The Morgan fingerprint density at radius 2 is 1.83 bits per heavy atom. The van der Waals surface area contributed by atoms with Crippen molar-refractivity contribution in [3.63, 3.8) is 0 Å². The van der Waals surface area contributed by atoms with E-state index in [2.05, 4.69) is 4.74 Å². The minimum atomic E-state index is -0.750. The van der Waals surface area contributed by atoms with E-state index in [0.29, 0.717) is 0 Å². The van der Waals surface area contributed by atoms with Crippen LogP contribution in [0.15, 0.2) is 40.8 Å². The number of rotatable bonds is 3. The van der Waals surface area contributed by atoms with Crippen LogP contribution in [0, 0.1) is 0 Å². The van der Waals surface area contributed by atoms with Crippen LogP contribution in [0.25, 0.3) is 5.76 Å². The lowest BCUT2D eigenvalue weighted by Gasteiger charge is -2.11. The third kappa shape index (κ3) is 2.44. The SMILES string of the molecule is CCOC(=O)/C=C(\O)c1cc2c(o1)C(=O)c1ccccc1C2=O. The highest BCUT2D eigenvalue weighted by atomic mass is 16.5.